The fourth-order valence-electron chi connectivity index (χ4n) is 2.01. The smallest absolute Gasteiger partial charge is 0.273 e. The summed E-state index contributed by atoms with van der Waals surface area (Å²) in [6.07, 6.45) is 0. The zero-order valence-electron chi connectivity index (χ0n) is 11.7. The van der Waals surface area contributed by atoms with Crippen LogP contribution in [-0.4, -0.2) is 12.0 Å². The number of methoxy groups -OCH3 is 1. The molecular weight excluding hydrogens is 275 g/mol. The van der Waals surface area contributed by atoms with Crippen LogP contribution >= 0.6 is 0 Å². The zero-order valence-corrected chi connectivity index (χ0v) is 11.7. The summed E-state index contributed by atoms with van der Waals surface area (Å²) >= 11 is 0. The SMILES string of the molecule is COc1cc(CNc2cc(C)cc(F)c2)cc([N+](=O)[O-])c1. The number of rotatable bonds is 5. The third-order valence-electron chi connectivity index (χ3n) is 2.94. The number of nitrogens with one attached hydrogen (secondary N) is 1. The Hall–Kier alpha value is -2.63. The van der Waals surface area contributed by atoms with Crippen molar-refractivity contribution in [1.82, 2.24) is 0 Å². The quantitative estimate of drug-likeness (QED) is 0.674. The van der Waals surface area contributed by atoms with E-state index in [1.54, 1.807) is 19.1 Å². The summed E-state index contributed by atoms with van der Waals surface area (Å²) in [6.45, 7) is 2.13. The molecule has 6 heteroatoms. The van der Waals surface area contributed by atoms with Gasteiger partial charge in [0, 0.05) is 18.3 Å². The number of nitro benzene ring substituents is 1. The van der Waals surface area contributed by atoms with Crippen molar-refractivity contribution in [3.05, 3.63) is 63.5 Å². The van der Waals surface area contributed by atoms with Gasteiger partial charge in [-0.1, -0.05) is 0 Å². The van der Waals surface area contributed by atoms with E-state index in [0.717, 1.165) is 5.56 Å². The molecule has 0 fully saturated rings. The number of ether oxygens (including phenoxy) is 1. The molecule has 2 aromatic rings. The molecule has 2 rings (SSSR count). The molecule has 0 aliphatic carbocycles. The first-order chi connectivity index (χ1) is 9.97. The van der Waals surface area contributed by atoms with Crippen LogP contribution < -0.4 is 10.1 Å². The van der Waals surface area contributed by atoms with Gasteiger partial charge in [0.15, 0.2) is 0 Å². The van der Waals surface area contributed by atoms with Crippen LogP contribution in [0.4, 0.5) is 15.8 Å². The number of non-ortho nitro benzene ring substituents is 1. The second kappa shape index (κ2) is 6.21. The van der Waals surface area contributed by atoms with E-state index in [-0.39, 0.29) is 11.5 Å². The monoisotopic (exact) mass is 290 g/mol. The van der Waals surface area contributed by atoms with Gasteiger partial charge < -0.3 is 10.1 Å². The summed E-state index contributed by atoms with van der Waals surface area (Å²) in [7, 11) is 1.45. The first-order valence-electron chi connectivity index (χ1n) is 6.31. The lowest BCUT2D eigenvalue weighted by molar-refractivity contribution is -0.385. The minimum Gasteiger partial charge on any atom is -0.496 e. The molecule has 21 heavy (non-hydrogen) atoms. The second-order valence-electron chi connectivity index (χ2n) is 4.67. The molecule has 0 saturated heterocycles. The van der Waals surface area contributed by atoms with Crippen molar-refractivity contribution >= 4 is 11.4 Å². The van der Waals surface area contributed by atoms with Crippen molar-refractivity contribution in [2.45, 2.75) is 13.5 Å². The molecule has 2 aromatic carbocycles. The van der Waals surface area contributed by atoms with Gasteiger partial charge in [0.05, 0.1) is 18.1 Å². The standard InChI is InChI=1S/C15H15FN2O3/c1-10-3-12(16)7-13(4-10)17-9-11-5-14(18(19)20)8-15(6-11)21-2/h3-8,17H,9H2,1-2H3. The third-order valence-corrected chi connectivity index (χ3v) is 2.94. The lowest BCUT2D eigenvalue weighted by Gasteiger charge is -2.09. The maximum absolute atomic E-state index is 13.3. The zero-order chi connectivity index (χ0) is 15.4. The summed E-state index contributed by atoms with van der Waals surface area (Å²) in [6, 6.07) is 9.13. The Morgan fingerprint density at radius 1 is 1.24 bits per heavy atom. The Morgan fingerprint density at radius 3 is 2.62 bits per heavy atom. The van der Waals surface area contributed by atoms with E-state index in [4.69, 9.17) is 4.74 Å². The summed E-state index contributed by atoms with van der Waals surface area (Å²) < 4.78 is 18.3. The average molecular weight is 290 g/mol. The molecule has 1 N–H and O–H groups in total. The van der Waals surface area contributed by atoms with Crippen molar-refractivity contribution in [3.8, 4) is 5.75 Å². The Bertz CT molecular complexity index is 654. The fourth-order valence-corrected chi connectivity index (χ4v) is 2.01. The number of benzene rings is 2. The first-order valence-corrected chi connectivity index (χ1v) is 6.31. The van der Waals surface area contributed by atoms with E-state index in [0.29, 0.717) is 23.5 Å². The molecule has 0 heterocycles. The van der Waals surface area contributed by atoms with Crippen molar-refractivity contribution in [3.63, 3.8) is 0 Å². The average Bonchev–Trinajstić information content (AvgIpc) is 2.43. The topological polar surface area (TPSA) is 64.4 Å². The molecule has 0 aromatic heterocycles. The minimum atomic E-state index is -0.474. The predicted octanol–water partition coefficient (Wildman–Crippen LogP) is 3.66. The van der Waals surface area contributed by atoms with Crippen LogP contribution in [0.5, 0.6) is 5.75 Å². The summed E-state index contributed by atoms with van der Waals surface area (Å²) in [5, 5.41) is 13.9. The van der Waals surface area contributed by atoms with Crippen LogP contribution in [0.25, 0.3) is 0 Å². The van der Waals surface area contributed by atoms with Gasteiger partial charge in [-0.2, -0.15) is 0 Å². The molecule has 110 valence electrons. The van der Waals surface area contributed by atoms with Crippen LogP contribution in [0, 0.1) is 22.9 Å². The van der Waals surface area contributed by atoms with Gasteiger partial charge in [-0.15, -0.1) is 0 Å². The Labute approximate surface area is 121 Å². The predicted molar refractivity (Wildman–Crippen MR) is 78.1 cm³/mol. The van der Waals surface area contributed by atoms with Crippen LogP contribution in [0.2, 0.25) is 0 Å². The summed E-state index contributed by atoms with van der Waals surface area (Å²) in [4.78, 5) is 10.4. The normalized spacial score (nSPS) is 10.2. The summed E-state index contributed by atoms with van der Waals surface area (Å²) in [5.74, 6) is 0.0885. The minimum absolute atomic E-state index is 0.0402. The van der Waals surface area contributed by atoms with Crippen molar-refractivity contribution in [2.75, 3.05) is 12.4 Å². The van der Waals surface area contributed by atoms with Crippen molar-refractivity contribution in [2.24, 2.45) is 0 Å². The molecule has 0 aliphatic heterocycles. The number of nitro groups is 1. The van der Waals surface area contributed by atoms with Crippen molar-refractivity contribution < 1.29 is 14.1 Å². The molecule has 0 radical (unpaired) electrons. The van der Waals surface area contributed by atoms with E-state index >= 15 is 0 Å². The highest BCUT2D eigenvalue weighted by molar-refractivity contribution is 5.48. The molecule has 0 amide bonds. The fraction of sp³-hybridized carbons (Fsp3) is 0.200. The van der Waals surface area contributed by atoms with Crippen LogP contribution in [-0.2, 0) is 6.54 Å². The first kappa shape index (κ1) is 14.8. The maximum atomic E-state index is 13.3. The highest BCUT2D eigenvalue weighted by Crippen LogP contribution is 2.23. The van der Waals surface area contributed by atoms with E-state index in [9.17, 15) is 14.5 Å². The van der Waals surface area contributed by atoms with Gasteiger partial charge in [0.1, 0.15) is 11.6 Å². The highest BCUT2D eigenvalue weighted by Gasteiger charge is 2.10. The number of halogens is 1. The van der Waals surface area contributed by atoms with Crippen LogP contribution in [0.15, 0.2) is 36.4 Å². The number of aryl methyl sites for hydroxylation is 1. The molecule has 0 bridgehead atoms. The van der Waals surface area contributed by atoms with E-state index in [1.165, 1.54) is 31.4 Å². The second-order valence-corrected chi connectivity index (χ2v) is 4.67. The van der Waals surface area contributed by atoms with E-state index in [1.807, 2.05) is 0 Å². The Kier molecular flexibility index (Phi) is 4.37. The van der Waals surface area contributed by atoms with Gasteiger partial charge in [-0.3, -0.25) is 10.1 Å². The maximum Gasteiger partial charge on any atom is 0.273 e. The van der Waals surface area contributed by atoms with Crippen LogP contribution in [0.1, 0.15) is 11.1 Å². The van der Waals surface area contributed by atoms with Gasteiger partial charge >= 0.3 is 0 Å². The van der Waals surface area contributed by atoms with Gasteiger partial charge in [0.25, 0.3) is 5.69 Å². The molecule has 0 spiro atoms. The Morgan fingerprint density at radius 2 is 2.00 bits per heavy atom. The van der Waals surface area contributed by atoms with Gasteiger partial charge in [0.2, 0.25) is 0 Å². The molecule has 0 saturated carbocycles. The molecule has 0 unspecified atom stereocenters. The Balaban J connectivity index is 2.19. The number of hydrogen-bond donors (Lipinski definition) is 1. The lowest BCUT2D eigenvalue weighted by atomic mass is 10.1. The molecule has 0 atom stereocenters. The van der Waals surface area contributed by atoms with Gasteiger partial charge in [-0.05, 0) is 42.3 Å². The molecule has 5 nitrogen and oxygen atoms in total. The molecule has 0 aliphatic rings. The number of anilines is 1. The summed E-state index contributed by atoms with van der Waals surface area (Å²) in [5.41, 5.74) is 2.07. The van der Waals surface area contributed by atoms with E-state index in [2.05, 4.69) is 5.32 Å². The number of hydrogen-bond acceptors (Lipinski definition) is 4. The third kappa shape index (κ3) is 3.92. The largest absolute Gasteiger partial charge is 0.496 e. The van der Waals surface area contributed by atoms with Crippen LogP contribution in [0.3, 0.4) is 0 Å². The van der Waals surface area contributed by atoms with Crippen molar-refractivity contribution in [1.29, 1.82) is 0 Å². The van der Waals surface area contributed by atoms with E-state index < -0.39 is 4.92 Å². The van der Waals surface area contributed by atoms with Gasteiger partial charge in [-0.25, -0.2) is 4.39 Å². The molecular formula is C15H15FN2O3. The number of nitrogens with zero attached hydrogens (tertiary/aromatic N) is 1. The lowest BCUT2D eigenvalue weighted by Crippen LogP contribution is -2.02. The highest BCUT2D eigenvalue weighted by atomic mass is 19.1.